The molecule has 1 aromatic rings. The van der Waals surface area contributed by atoms with Gasteiger partial charge in [-0.25, -0.2) is 8.42 Å². The second kappa shape index (κ2) is 9.11. The van der Waals surface area contributed by atoms with E-state index in [2.05, 4.69) is 0 Å². The number of rotatable bonds is 4. The fourth-order valence-electron chi connectivity index (χ4n) is 4.04. The standard InChI is InChI=1S/C20H31N3O3S.ClH/c1-20(2,21)19(24)22-12-14-23(15-13-22)27(25,26)18-10-8-17(9-11-18)16-6-4-3-5-7-16;/h8-11,16H,3-7,12-15,21H2,1-2H3;1H. The molecule has 1 saturated heterocycles. The number of carbonyl (C=O) groups excluding carboxylic acids is 1. The van der Waals surface area contributed by atoms with Crippen LogP contribution in [0.1, 0.15) is 57.4 Å². The summed E-state index contributed by atoms with van der Waals surface area (Å²) >= 11 is 0. The Morgan fingerprint density at radius 1 is 1.00 bits per heavy atom. The molecule has 2 aliphatic rings. The van der Waals surface area contributed by atoms with Gasteiger partial charge in [-0.3, -0.25) is 4.79 Å². The lowest BCUT2D eigenvalue weighted by atomic mass is 9.84. The number of halogens is 1. The number of carbonyl (C=O) groups is 1. The zero-order chi connectivity index (χ0) is 19.7. The van der Waals surface area contributed by atoms with E-state index >= 15 is 0 Å². The van der Waals surface area contributed by atoms with Crippen LogP contribution >= 0.6 is 12.4 Å². The van der Waals surface area contributed by atoms with Gasteiger partial charge in [-0.2, -0.15) is 4.31 Å². The van der Waals surface area contributed by atoms with E-state index in [1.165, 1.54) is 42.0 Å². The van der Waals surface area contributed by atoms with E-state index < -0.39 is 15.6 Å². The summed E-state index contributed by atoms with van der Waals surface area (Å²) < 4.78 is 27.4. The molecule has 0 aromatic heterocycles. The molecule has 1 aliphatic heterocycles. The lowest BCUT2D eigenvalue weighted by Crippen LogP contribution is -2.57. The number of piperazine rings is 1. The highest BCUT2D eigenvalue weighted by atomic mass is 35.5. The van der Waals surface area contributed by atoms with Crippen LogP contribution in [0.15, 0.2) is 29.2 Å². The number of amides is 1. The monoisotopic (exact) mass is 429 g/mol. The van der Waals surface area contributed by atoms with Crippen LogP contribution in [0.4, 0.5) is 0 Å². The molecule has 0 spiro atoms. The Morgan fingerprint density at radius 2 is 1.54 bits per heavy atom. The fraction of sp³-hybridized carbons (Fsp3) is 0.650. The normalized spacial score (nSPS) is 19.9. The van der Waals surface area contributed by atoms with Gasteiger partial charge in [0.15, 0.2) is 0 Å². The third-order valence-corrected chi connectivity index (χ3v) is 7.58. The zero-order valence-corrected chi connectivity index (χ0v) is 18.4. The van der Waals surface area contributed by atoms with Crippen LogP contribution in [0.5, 0.6) is 0 Å². The second-order valence-corrected chi connectivity index (χ2v) is 10.3. The third kappa shape index (κ3) is 5.06. The van der Waals surface area contributed by atoms with Gasteiger partial charge in [-0.05, 0) is 50.3 Å². The third-order valence-electron chi connectivity index (χ3n) is 5.67. The first-order valence-corrected chi connectivity index (χ1v) is 11.3. The Labute approximate surface area is 174 Å². The van der Waals surface area contributed by atoms with Crippen molar-refractivity contribution in [3.05, 3.63) is 29.8 Å². The van der Waals surface area contributed by atoms with Gasteiger partial charge in [0.1, 0.15) is 0 Å². The molecule has 1 saturated carbocycles. The number of sulfonamides is 1. The minimum atomic E-state index is -3.53. The van der Waals surface area contributed by atoms with Crippen LogP contribution in [-0.2, 0) is 14.8 Å². The van der Waals surface area contributed by atoms with E-state index in [1.807, 2.05) is 12.1 Å². The van der Waals surface area contributed by atoms with Crippen molar-refractivity contribution in [2.75, 3.05) is 26.2 Å². The molecule has 0 bridgehead atoms. The van der Waals surface area contributed by atoms with Gasteiger partial charge < -0.3 is 10.6 Å². The molecule has 0 unspecified atom stereocenters. The SMILES string of the molecule is CC(C)(N)C(=O)N1CCN(S(=O)(=O)c2ccc(C3CCCCC3)cc2)CC1.Cl. The minimum Gasteiger partial charge on any atom is -0.338 e. The number of hydrogen-bond donors (Lipinski definition) is 1. The van der Waals surface area contributed by atoms with E-state index in [1.54, 1.807) is 30.9 Å². The molecule has 2 N–H and O–H groups in total. The molecule has 3 rings (SSSR count). The van der Waals surface area contributed by atoms with E-state index in [0.29, 0.717) is 37.0 Å². The second-order valence-electron chi connectivity index (χ2n) is 8.32. The molecule has 158 valence electrons. The first-order chi connectivity index (χ1) is 12.7. The van der Waals surface area contributed by atoms with Gasteiger partial charge in [-0.1, -0.05) is 31.4 Å². The minimum absolute atomic E-state index is 0. The Bertz CT molecular complexity index is 761. The van der Waals surface area contributed by atoms with Crippen LogP contribution < -0.4 is 5.73 Å². The van der Waals surface area contributed by atoms with Crippen molar-refractivity contribution in [2.45, 2.75) is 62.3 Å². The Morgan fingerprint density at radius 3 is 2.04 bits per heavy atom. The molecule has 1 aliphatic carbocycles. The summed E-state index contributed by atoms with van der Waals surface area (Å²) in [4.78, 5) is 14.3. The molecule has 8 heteroatoms. The fourth-order valence-corrected chi connectivity index (χ4v) is 5.46. The summed E-state index contributed by atoms with van der Waals surface area (Å²) in [7, 11) is -3.53. The quantitative estimate of drug-likeness (QED) is 0.797. The maximum atomic E-state index is 12.9. The van der Waals surface area contributed by atoms with Crippen molar-refractivity contribution in [3.63, 3.8) is 0 Å². The first kappa shape index (κ1) is 23.1. The maximum absolute atomic E-state index is 12.9. The number of hydrogen-bond acceptors (Lipinski definition) is 4. The van der Waals surface area contributed by atoms with Crippen molar-refractivity contribution in [1.82, 2.24) is 9.21 Å². The summed E-state index contributed by atoms with van der Waals surface area (Å²) in [6.45, 7) is 4.69. The van der Waals surface area contributed by atoms with Gasteiger partial charge >= 0.3 is 0 Å². The molecule has 2 fully saturated rings. The Hall–Kier alpha value is -1.15. The predicted octanol–water partition coefficient (Wildman–Crippen LogP) is 2.73. The van der Waals surface area contributed by atoms with Crippen LogP contribution in [0.2, 0.25) is 0 Å². The number of benzene rings is 1. The Kier molecular flexibility index (Phi) is 7.53. The van der Waals surface area contributed by atoms with Gasteiger partial charge in [0.25, 0.3) is 0 Å². The van der Waals surface area contributed by atoms with Crippen LogP contribution in [-0.4, -0.2) is 55.2 Å². The van der Waals surface area contributed by atoms with Crippen molar-refractivity contribution in [2.24, 2.45) is 5.73 Å². The molecule has 28 heavy (non-hydrogen) atoms. The first-order valence-electron chi connectivity index (χ1n) is 9.88. The number of nitrogens with zero attached hydrogens (tertiary/aromatic N) is 2. The molecular weight excluding hydrogens is 398 g/mol. The van der Waals surface area contributed by atoms with Crippen molar-refractivity contribution >= 4 is 28.3 Å². The summed E-state index contributed by atoms with van der Waals surface area (Å²) in [6.07, 6.45) is 6.21. The van der Waals surface area contributed by atoms with Crippen molar-refractivity contribution < 1.29 is 13.2 Å². The predicted molar refractivity (Wildman–Crippen MR) is 113 cm³/mol. The molecule has 1 aromatic carbocycles. The number of nitrogens with two attached hydrogens (primary N) is 1. The smallest absolute Gasteiger partial charge is 0.243 e. The average Bonchev–Trinajstić information content (AvgIpc) is 2.67. The summed E-state index contributed by atoms with van der Waals surface area (Å²) in [5.41, 5.74) is 6.18. The summed E-state index contributed by atoms with van der Waals surface area (Å²) in [6, 6.07) is 7.42. The van der Waals surface area contributed by atoms with E-state index in [9.17, 15) is 13.2 Å². The van der Waals surface area contributed by atoms with Gasteiger partial charge in [0.2, 0.25) is 15.9 Å². The highest BCUT2D eigenvalue weighted by molar-refractivity contribution is 7.89. The lowest BCUT2D eigenvalue weighted by Gasteiger charge is -2.36. The van der Waals surface area contributed by atoms with Crippen LogP contribution in [0.25, 0.3) is 0 Å². The average molecular weight is 430 g/mol. The largest absolute Gasteiger partial charge is 0.338 e. The molecule has 6 nitrogen and oxygen atoms in total. The summed E-state index contributed by atoms with van der Waals surface area (Å²) in [5, 5.41) is 0. The molecule has 0 radical (unpaired) electrons. The van der Waals surface area contributed by atoms with Crippen molar-refractivity contribution in [1.29, 1.82) is 0 Å². The van der Waals surface area contributed by atoms with Crippen LogP contribution in [0.3, 0.4) is 0 Å². The molecule has 0 atom stereocenters. The zero-order valence-electron chi connectivity index (χ0n) is 16.8. The van der Waals surface area contributed by atoms with Gasteiger partial charge in [0.05, 0.1) is 10.4 Å². The summed E-state index contributed by atoms with van der Waals surface area (Å²) in [5.74, 6) is 0.418. The highest BCUT2D eigenvalue weighted by Crippen LogP contribution is 2.33. The van der Waals surface area contributed by atoms with E-state index in [4.69, 9.17) is 5.73 Å². The van der Waals surface area contributed by atoms with E-state index in [-0.39, 0.29) is 18.3 Å². The molecule has 1 amide bonds. The maximum Gasteiger partial charge on any atom is 0.243 e. The molecule has 1 heterocycles. The van der Waals surface area contributed by atoms with Crippen LogP contribution in [0, 0.1) is 0 Å². The van der Waals surface area contributed by atoms with Gasteiger partial charge in [0, 0.05) is 26.2 Å². The lowest BCUT2D eigenvalue weighted by molar-refractivity contribution is -0.137. The topological polar surface area (TPSA) is 83.7 Å². The highest BCUT2D eigenvalue weighted by Gasteiger charge is 2.34. The van der Waals surface area contributed by atoms with E-state index in [0.717, 1.165) is 0 Å². The molecular formula is C20H32ClN3O3S. The Balaban J connectivity index is 0.00000280. The van der Waals surface area contributed by atoms with Gasteiger partial charge in [-0.15, -0.1) is 12.4 Å². The van der Waals surface area contributed by atoms with Crippen molar-refractivity contribution in [3.8, 4) is 0 Å².